The van der Waals surface area contributed by atoms with Gasteiger partial charge in [-0.05, 0) is 30.5 Å². The van der Waals surface area contributed by atoms with Crippen LogP contribution in [0.1, 0.15) is 22.7 Å². The van der Waals surface area contributed by atoms with Gasteiger partial charge in [0.1, 0.15) is 11.8 Å². The van der Waals surface area contributed by atoms with E-state index >= 15 is 0 Å². The lowest BCUT2D eigenvalue weighted by atomic mass is 9.90. The number of carbonyl (C=O) groups is 1. The van der Waals surface area contributed by atoms with E-state index in [-0.39, 0.29) is 0 Å². The first-order valence-electron chi connectivity index (χ1n) is 5.27. The number of aliphatic carboxylic acids is 1. The topological polar surface area (TPSA) is 58.6 Å². The Labute approximate surface area is 94.2 Å². The summed E-state index contributed by atoms with van der Waals surface area (Å²) in [5.74, 6) is -0.204. The summed E-state index contributed by atoms with van der Waals surface area (Å²) in [4.78, 5) is 11.2. The molecule has 0 bridgehead atoms. The molecule has 0 fully saturated rings. The zero-order chi connectivity index (χ0) is 11.7. The van der Waals surface area contributed by atoms with Crippen molar-refractivity contribution in [1.29, 1.82) is 0 Å². The second-order valence-corrected chi connectivity index (χ2v) is 3.95. The predicted octanol–water partition coefficient (Wildman–Crippen LogP) is 1.28. The highest BCUT2D eigenvalue weighted by atomic mass is 16.5. The maximum atomic E-state index is 11.2. The number of methoxy groups -OCH3 is 1. The molecule has 86 valence electrons. The van der Waals surface area contributed by atoms with Crippen molar-refractivity contribution in [2.45, 2.75) is 19.4 Å². The van der Waals surface area contributed by atoms with Gasteiger partial charge in [-0.1, -0.05) is 6.07 Å². The van der Waals surface area contributed by atoms with Gasteiger partial charge >= 0.3 is 5.97 Å². The van der Waals surface area contributed by atoms with Crippen molar-refractivity contribution in [2.75, 3.05) is 13.7 Å². The minimum absolute atomic E-state index is 0.653. The molecule has 0 aromatic heterocycles. The maximum absolute atomic E-state index is 11.2. The highest BCUT2D eigenvalue weighted by Crippen LogP contribution is 2.33. The lowest BCUT2D eigenvalue weighted by molar-refractivity contribution is -0.139. The smallest absolute Gasteiger partial charge is 0.325 e. The Kier molecular flexibility index (Phi) is 2.83. The van der Waals surface area contributed by atoms with E-state index in [2.05, 4.69) is 5.32 Å². The molecule has 1 aromatic carbocycles. The fourth-order valence-electron chi connectivity index (χ4n) is 2.23. The number of hydrogen-bond acceptors (Lipinski definition) is 3. The Morgan fingerprint density at radius 1 is 1.56 bits per heavy atom. The van der Waals surface area contributed by atoms with E-state index in [4.69, 9.17) is 4.74 Å². The lowest BCUT2D eigenvalue weighted by Crippen LogP contribution is -2.35. The molecule has 4 heteroatoms. The van der Waals surface area contributed by atoms with E-state index in [0.717, 1.165) is 23.1 Å². The van der Waals surface area contributed by atoms with Gasteiger partial charge in [-0.3, -0.25) is 4.79 Å². The Bertz CT molecular complexity index is 429. The van der Waals surface area contributed by atoms with Crippen LogP contribution in [0.25, 0.3) is 0 Å². The van der Waals surface area contributed by atoms with E-state index in [1.165, 1.54) is 0 Å². The molecule has 0 saturated carbocycles. The number of rotatable bonds is 2. The third-order valence-corrected chi connectivity index (χ3v) is 3.03. The molecule has 1 aromatic rings. The molecule has 0 radical (unpaired) electrons. The van der Waals surface area contributed by atoms with Crippen LogP contribution in [0.3, 0.4) is 0 Å². The average molecular weight is 221 g/mol. The minimum Gasteiger partial charge on any atom is -0.496 e. The van der Waals surface area contributed by atoms with Crippen molar-refractivity contribution < 1.29 is 14.6 Å². The lowest BCUT2D eigenvalue weighted by Gasteiger charge is -2.27. The molecule has 1 atom stereocenters. The third-order valence-electron chi connectivity index (χ3n) is 3.03. The molecule has 1 aliphatic heterocycles. The van der Waals surface area contributed by atoms with Crippen molar-refractivity contribution in [3.05, 3.63) is 28.8 Å². The fourth-order valence-corrected chi connectivity index (χ4v) is 2.23. The molecule has 4 nitrogen and oxygen atoms in total. The normalized spacial score (nSPS) is 19.0. The first kappa shape index (κ1) is 11.0. The Morgan fingerprint density at radius 3 is 2.94 bits per heavy atom. The third kappa shape index (κ3) is 1.65. The first-order valence-corrected chi connectivity index (χ1v) is 5.27. The number of carboxylic acids is 1. The summed E-state index contributed by atoms with van der Waals surface area (Å²) in [7, 11) is 1.57. The van der Waals surface area contributed by atoms with Crippen LogP contribution >= 0.6 is 0 Å². The second-order valence-electron chi connectivity index (χ2n) is 3.95. The van der Waals surface area contributed by atoms with Gasteiger partial charge in [-0.15, -0.1) is 0 Å². The molecule has 2 N–H and O–H groups in total. The Morgan fingerprint density at radius 2 is 2.31 bits per heavy atom. The number of aryl methyl sites for hydroxylation is 1. The van der Waals surface area contributed by atoms with Gasteiger partial charge in [0.05, 0.1) is 7.11 Å². The SMILES string of the molecule is COc1ccc(C)c2c1C(C(=O)O)NCC2. The number of hydrogen-bond donors (Lipinski definition) is 2. The number of ether oxygens (including phenoxy) is 1. The van der Waals surface area contributed by atoms with Gasteiger partial charge in [-0.2, -0.15) is 0 Å². The molecule has 1 heterocycles. The Hall–Kier alpha value is -1.55. The minimum atomic E-state index is -0.857. The molecule has 0 amide bonds. The van der Waals surface area contributed by atoms with Crippen molar-refractivity contribution in [3.63, 3.8) is 0 Å². The van der Waals surface area contributed by atoms with Gasteiger partial charge in [0.25, 0.3) is 0 Å². The Balaban J connectivity index is 2.60. The predicted molar refractivity (Wildman–Crippen MR) is 59.8 cm³/mol. The molecule has 0 aliphatic carbocycles. The van der Waals surface area contributed by atoms with E-state index in [1.54, 1.807) is 7.11 Å². The van der Waals surface area contributed by atoms with Crippen molar-refractivity contribution in [2.24, 2.45) is 0 Å². The average Bonchev–Trinajstić information content (AvgIpc) is 2.29. The number of benzene rings is 1. The molecule has 2 rings (SSSR count). The van der Waals surface area contributed by atoms with Crippen LogP contribution in [0.2, 0.25) is 0 Å². The summed E-state index contributed by atoms with van der Waals surface area (Å²) in [6.07, 6.45) is 0.849. The maximum Gasteiger partial charge on any atom is 0.325 e. The summed E-state index contributed by atoms with van der Waals surface area (Å²) >= 11 is 0. The van der Waals surface area contributed by atoms with Crippen LogP contribution in [-0.4, -0.2) is 24.7 Å². The zero-order valence-electron chi connectivity index (χ0n) is 9.41. The largest absolute Gasteiger partial charge is 0.496 e. The highest BCUT2D eigenvalue weighted by Gasteiger charge is 2.29. The van der Waals surface area contributed by atoms with E-state index < -0.39 is 12.0 Å². The summed E-state index contributed by atoms with van der Waals surface area (Å²) in [5.41, 5.74) is 3.01. The van der Waals surface area contributed by atoms with Crippen molar-refractivity contribution >= 4 is 5.97 Å². The number of carboxylic acid groups (broad SMARTS) is 1. The van der Waals surface area contributed by atoms with Gasteiger partial charge in [-0.25, -0.2) is 0 Å². The van der Waals surface area contributed by atoms with Gasteiger partial charge in [0, 0.05) is 12.1 Å². The van der Waals surface area contributed by atoms with Crippen LogP contribution < -0.4 is 10.1 Å². The summed E-state index contributed by atoms with van der Waals surface area (Å²) in [5, 5.41) is 12.2. The van der Waals surface area contributed by atoms with E-state index in [1.807, 2.05) is 19.1 Å². The van der Waals surface area contributed by atoms with E-state index in [9.17, 15) is 9.90 Å². The molecular weight excluding hydrogens is 206 g/mol. The molecule has 0 saturated heterocycles. The van der Waals surface area contributed by atoms with Crippen LogP contribution in [0.4, 0.5) is 0 Å². The van der Waals surface area contributed by atoms with Gasteiger partial charge < -0.3 is 15.2 Å². The molecular formula is C12H15NO3. The summed E-state index contributed by atoms with van der Waals surface area (Å²) in [6, 6.07) is 3.15. The monoisotopic (exact) mass is 221 g/mol. The molecule has 1 aliphatic rings. The summed E-state index contributed by atoms with van der Waals surface area (Å²) < 4.78 is 5.24. The van der Waals surface area contributed by atoms with Crippen molar-refractivity contribution in [1.82, 2.24) is 5.32 Å². The standard InChI is InChI=1S/C12H15NO3/c1-7-3-4-9(16-2)10-8(7)5-6-13-11(10)12(14)15/h3-4,11,13H,5-6H2,1-2H3,(H,14,15). The fraction of sp³-hybridized carbons (Fsp3) is 0.417. The number of fused-ring (bicyclic) bond motifs is 1. The van der Waals surface area contributed by atoms with Crippen molar-refractivity contribution in [3.8, 4) is 5.75 Å². The second kappa shape index (κ2) is 4.14. The first-order chi connectivity index (χ1) is 7.65. The molecule has 16 heavy (non-hydrogen) atoms. The zero-order valence-corrected chi connectivity index (χ0v) is 9.41. The van der Waals surface area contributed by atoms with Crippen LogP contribution in [0.15, 0.2) is 12.1 Å². The van der Waals surface area contributed by atoms with Gasteiger partial charge in [0.2, 0.25) is 0 Å². The highest BCUT2D eigenvalue weighted by molar-refractivity contribution is 5.78. The van der Waals surface area contributed by atoms with Crippen LogP contribution in [-0.2, 0) is 11.2 Å². The van der Waals surface area contributed by atoms with Crippen LogP contribution in [0.5, 0.6) is 5.75 Å². The molecule has 0 spiro atoms. The van der Waals surface area contributed by atoms with E-state index in [0.29, 0.717) is 12.3 Å². The quantitative estimate of drug-likeness (QED) is 0.789. The summed E-state index contributed by atoms with van der Waals surface area (Å²) in [6.45, 7) is 2.69. The van der Waals surface area contributed by atoms with Crippen LogP contribution in [0, 0.1) is 6.92 Å². The number of nitrogens with one attached hydrogen (secondary N) is 1. The van der Waals surface area contributed by atoms with Gasteiger partial charge in [0.15, 0.2) is 0 Å². The molecule has 1 unspecified atom stereocenters.